The van der Waals surface area contributed by atoms with Gasteiger partial charge in [0, 0.05) is 38.3 Å². The molecule has 1 aliphatic heterocycles. The van der Waals surface area contributed by atoms with Gasteiger partial charge in [0.15, 0.2) is 5.13 Å². The largest absolute Gasteiger partial charge is 0.348 e. The van der Waals surface area contributed by atoms with E-state index in [1.54, 1.807) is 32.4 Å². The molecule has 244 valence electrons. The summed E-state index contributed by atoms with van der Waals surface area (Å²) in [5.41, 5.74) is 4.88. The summed E-state index contributed by atoms with van der Waals surface area (Å²) in [6.07, 6.45) is 11.3. The number of amides is 2. The molecule has 0 bridgehead atoms. The zero-order valence-corrected chi connectivity index (χ0v) is 29.8. The van der Waals surface area contributed by atoms with Crippen LogP contribution in [-0.2, 0) is 9.59 Å². The first-order valence-corrected chi connectivity index (χ1v) is 17.6. The minimum Gasteiger partial charge on any atom is -0.348 e. The van der Waals surface area contributed by atoms with Crippen LogP contribution in [0.3, 0.4) is 0 Å². The van der Waals surface area contributed by atoms with E-state index in [0.717, 1.165) is 63.3 Å². The predicted molar refractivity (Wildman–Crippen MR) is 188 cm³/mol. The molecule has 1 aromatic heterocycles. The zero-order valence-electron chi connectivity index (χ0n) is 29.0. The van der Waals surface area contributed by atoms with Crippen molar-refractivity contribution >= 4 is 34.4 Å². The molecule has 1 aliphatic rings. The van der Waals surface area contributed by atoms with E-state index in [2.05, 4.69) is 70.7 Å². The average molecular weight is 632 g/mol. The Bertz CT molecular complexity index is 1410. The fraction of sp³-hybridized carbons (Fsp3) is 0.568. The highest BCUT2D eigenvalue weighted by Crippen LogP contribution is 2.40. The van der Waals surface area contributed by atoms with Crippen LogP contribution >= 0.6 is 11.3 Å². The van der Waals surface area contributed by atoms with Gasteiger partial charge in [0.2, 0.25) is 0 Å². The number of thiazole rings is 1. The number of benzene rings is 1. The van der Waals surface area contributed by atoms with E-state index in [0.29, 0.717) is 23.0 Å². The maximum absolute atomic E-state index is 13.8. The van der Waals surface area contributed by atoms with E-state index >= 15 is 0 Å². The molecule has 0 radical (unpaired) electrons. The molecule has 2 unspecified atom stereocenters. The van der Waals surface area contributed by atoms with Crippen molar-refractivity contribution < 1.29 is 9.59 Å². The number of nitriles is 1. The molecule has 45 heavy (non-hydrogen) atoms. The summed E-state index contributed by atoms with van der Waals surface area (Å²) in [6.45, 7) is 16.9. The Morgan fingerprint density at radius 2 is 1.49 bits per heavy atom. The van der Waals surface area contributed by atoms with E-state index < -0.39 is 11.8 Å². The van der Waals surface area contributed by atoms with E-state index in [1.165, 1.54) is 43.5 Å². The highest BCUT2D eigenvalue weighted by atomic mass is 32.1. The number of imide groups is 1. The summed E-state index contributed by atoms with van der Waals surface area (Å²) < 4.78 is 0. The fourth-order valence-electron chi connectivity index (χ4n) is 6.17. The smallest absolute Gasteiger partial charge is 0.286 e. The molecule has 0 saturated heterocycles. The van der Waals surface area contributed by atoms with Gasteiger partial charge in [-0.25, -0.2) is 15.0 Å². The number of hydrogen-bond donors (Lipinski definition) is 0. The Labute approximate surface area is 275 Å². The van der Waals surface area contributed by atoms with Crippen molar-refractivity contribution in [2.45, 2.75) is 99.8 Å². The van der Waals surface area contributed by atoms with Crippen LogP contribution in [0.1, 0.15) is 102 Å². The first-order chi connectivity index (χ1) is 21.5. The highest BCUT2D eigenvalue weighted by molar-refractivity contribution is 7.17. The second-order valence-corrected chi connectivity index (χ2v) is 13.7. The number of hydrogen-bond acceptors (Lipinski definition) is 7. The van der Waals surface area contributed by atoms with Crippen molar-refractivity contribution in [1.82, 2.24) is 15.0 Å². The molecular formula is C37H53N5O2S. The summed E-state index contributed by atoms with van der Waals surface area (Å²) in [7, 11) is 3.28. The molecule has 0 aliphatic carbocycles. The fourth-order valence-corrected chi connectivity index (χ4v) is 7.21. The van der Waals surface area contributed by atoms with Gasteiger partial charge in [0.1, 0.15) is 11.6 Å². The number of aryl methyl sites for hydroxylation is 2. The lowest BCUT2D eigenvalue weighted by molar-refractivity contribution is -0.155. The maximum atomic E-state index is 13.8. The van der Waals surface area contributed by atoms with Gasteiger partial charge in [-0.15, -0.1) is 0 Å². The number of carbonyl (C=O) groups is 2. The Morgan fingerprint density at radius 1 is 0.933 bits per heavy atom. The van der Waals surface area contributed by atoms with Gasteiger partial charge in [0.05, 0.1) is 10.6 Å². The zero-order chi connectivity index (χ0) is 33.3. The molecule has 7 nitrogen and oxygen atoms in total. The summed E-state index contributed by atoms with van der Waals surface area (Å²) in [4.78, 5) is 35.6. The summed E-state index contributed by atoms with van der Waals surface area (Å²) in [6, 6.07) is 8.31. The molecule has 8 heteroatoms. The van der Waals surface area contributed by atoms with Gasteiger partial charge >= 0.3 is 0 Å². The lowest BCUT2D eigenvalue weighted by Gasteiger charge is -2.31. The van der Waals surface area contributed by atoms with Gasteiger partial charge in [-0.05, 0) is 68.2 Å². The standard InChI is InChI=1S/C37H53N5O2S/c1-10-14-19-28(12-3)23-41(24-29(13-4)20-15-11-2)37-39-34(33-25(5)17-16-18-26(33)6)32(45-37)21-30-27(7)31(22-38)36(44)42(35(30)43)40(8)9/h16-18,21,28-29H,10-15,19-20,23-24H2,1-9H3/b30-21-. The van der Waals surface area contributed by atoms with Gasteiger partial charge in [-0.3, -0.25) is 9.59 Å². The molecule has 0 N–H and O–H groups in total. The Hall–Kier alpha value is -3.28. The topological polar surface area (TPSA) is 80.5 Å². The molecule has 0 fully saturated rings. The third-order valence-electron chi connectivity index (χ3n) is 9.07. The lowest BCUT2D eigenvalue weighted by atomic mass is 9.94. The number of anilines is 1. The van der Waals surface area contributed by atoms with Crippen LogP contribution < -0.4 is 4.90 Å². The average Bonchev–Trinajstić information content (AvgIpc) is 3.41. The quantitative estimate of drug-likeness (QED) is 0.136. The van der Waals surface area contributed by atoms with E-state index in [1.807, 2.05) is 6.08 Å². The Kier molecular flexibility index (Phi) is 13.6. The van der Waals surface area contributed by atoms with Crippen molar-refractivity contribution in [3.8, 4) is 17.3 Å². The molecule has 2 aromatic rings. The van der Waals surface area contributed by atoms with Crippen LogP contribution in [0.25, 0.3) is 17.3 Å². The van der Waals surface area contributed by atoms with Crippen LogP contribution in [0.2, 0.25) is 0 Å². The molecule has 1 aromatic carbocycles. The van der Waals surface area contributed by atoms with E-state index in [-0.39, 0.29) is 5.57 Å². The number of carbonyl (C=O) groups excluding carboxylic acids is 2. The lowest BCUT2D eigenvalue weighted by Crippen LogP contribution is -2.50. The van der Waals surface area contributed by atoms with Gasteiger partial charge in [-0.1, -0.05) is 95.8 Å². The molecule has 2 heterocycles. The van der Waals surface area contributed by atoms with E-state index in [9.17, 15) is 14.9 Å². The normalized spacial score (nSPS) is 16.1. The first kappa shape index (κ1) is 36.2. The van der Waals surface area contributed by atoms with Crippen molar-refractivity contribution in [3.05, 3.63) is 50.9 Å². The van der Waals surface area contributed by atoms with Gasteiger partial charge in [0.25, 0.3) is 11.8 Å². The second-order valence-electron chi connectivity index (χ2n) is 12.7. The summed E-state index contributed by atoms with van der Waals surface area (Å²) >= 11 is 1.61. The van der Waals surface area contributed by atoms with Crippen LogP contribution in [0.5, 0.6) is 0 Å². The minimum atomic E-state index is -0.594. The highest BCUT2D eigenvalue weighted by Gasteiger charge is 2.37. The van der Waals surface area contributed by atoms with Crippen molar-refractivity contribution in [3.63, 3.8) is 0 Å². The Balaban J connectivity index is 2.27. The number of hydrazine groups is 1. The van der Waals surface area contributed by atoms with Crippen molar-refractivity contribution in [1.29, 1.82) is 5.26 Å². The molecule has 0 spiro atoms. The van der Waals surface area contributed by atoms with E-state index in [4.69, 9.17) is 4.98 Å². The second kappa shape index (κ2) is 16.9. The van der Waals surface area contributed by atoms with Gasteiger partial charge < -0.3 is 4.90 Å². The van der Waals surface area contributed by atoms with Crippen LogP contribution in [0, 0.1) is 37.0 Å². The molecule has 0 saturated carbocycles. The van der Waals surface area contributed by atoms with Crippen molar-refractivity contribution in [2.24, 2.45) is 11.8 Å². The number of aromatic nitrogens is 1. The monoisotopic (exact) mass is 631 g/mol. The number of unbranched alkanes of at least 4 members (excludes halogenated alkanes) is 2. The third-order valence-corrected chi connectivity index (χ3v) is 10.1. The number of rotatable bonds is 16. The van der Waals surface area contributed by atoms with Crippen LogP contribution in [-0.4, -0.2) is 54.0 Å². The molecule has 2 atom stereocenters. The summed E-state index contributed by atoms with van der Waals surface area (Å²) in [5, 5.41) is 13.3. The molecular weight excluding hydrogens is 579 g/mol. The van der Waals surface area contributed by atoms with Gasteiger partial charge in [-0.2, -0.15) is 5.26 Å². The minimum absolute atomic E-state index is 0.0158. The predicted octanol–water partition coefficient (Wildman–Crippen LogP) is 8.74. The number of nitrogens with zero attached hydrogens (tertiary/aromatic N) is 5. The first-order valence-electron chi connectivity index (χ1n) is 16.7. The SMILES string of the molecule is CCCCC(CC)CN(CC(CC)CCCC)c1nc(-c2c(C)cccc2C)c(/C=C2\C(=O)N(N(C)C)C(=O)C(C#N)=C2C)s1. The van der Waals surface area contributed by atoms with Crippen molar-refractivity contribution in [2.75, 3.05) is 32.1 Å². The van der Waals surface area contributed by atoms with Crippen LogP contribution in [0.15, 0.2) is 34.9 Å². The Morgan fingerprint density at radius 3 is 1.96 bits per heavy atom. The molecule has 3 rings (SSSR count). The van der Waals surface area contributed by atoms with Crippen LogP contribution in [0.4, 0.5) is 5.13 Å². The third kappa shape index (κ3) is 8.51. The summed E-state index contributed by atoms with van der Waals surface area (Å²) in [5.74, 6) is 0.123. The maximum Gasteiger partial charge on any atom is 0.286 e. The molecule has 2 amide bonds.